The van der Waals surface area contributed by atoms with E-state index < -0.39 is 21.9 Å². The second-order valence-electron chi connectivity index (χ2n) is 7.45. The van der Waals surface area contributed by atoms with Gasteiger partial charge < -0.3 is 14.4 Å². The van der Waals surface area contributed by atoms with Gasteiger partial charge in [-0.05, 0) is 38.0 Å². The number of hydrogen-bond donors (Lipinski definition) is 0. The molecule has 1 aromatic rings. The Morgan fingerprint density at radius 3 is 2.30 bits per heavy atom. The van der Waals surface area contributed by atoms with Crippen molar-refractivity contribution in [2.45, 2.75) is 44.4 Å². The largest absolute Gasteiger partial charge is 0.495 e. The van der Waals surface area contributed by atoms with E-state index in [1.807, 2.05) is 0 Å². The standard InChI is InChI=1S/C21H32N2O6S/c1-5-22(15-16(2)21(25)29-4)20(24)17-10-11-18(28-3)19(14-17)30(26,27)23-12-8-6-7-9-13-23/h10-11,14,16H,5-9,12-13,15H2,1-4H3. The van der Waals surface area contributed by atoms with Gasteiger partial charge in [-0.25, -0.2) is 8.42 Å². The summed E-state index contributed by atoms with van der Waals surface area (Å²) in [5.41, 5.74) is 0.239. The lowest BCUT2D eigenvalue weighted by molar-refractivity contribution is -0.145. The van der Waals surface area contributed by atoms with Crippen molar-refractivity contribution in [2.24, 2.45) is 5.92 Å². The van der Waals surface area contributed by atoms with Crippen molar-refractivity contribution >= 4 is 21.9 Å². The van der Waals surface area contributed by atoms with E-state index in [1.165, 1.54) is 35.6 Å². The average Bonchev–Trinajstić information content (AvgIpc) is 3.06. The summed E-state index contributed by atoms with van der Waals surface area (Å²) in [6, 6.07) is 4.44. The highest BCUT2D eigenvalue weighted by atomic mass is 32.2. The third-order valence-electron chi connectivity index (χ3n) is 5.36. The molecule has 1 atom stereocenters. The number of sulfonamides is 1. The summed E-state index contributed by atoms with van der Waals surface area (Å²) >= 11 is 0. The number of methoxy groups -OCH3 is 2. The number of esters is 1. The first-order valence-corrected chi connectivity index (χ1v) is 11.8. The molecular weight excluding hydrogens is 408 g/mol. The zero-order valence-electron chi connectivity index (χ0n) is 18.2. The summed E-state index contributed by atoms with van der Waals surface area (Å²) in [4.78, 5) is 26.3. The van der Waals surface area contributed by atoms with Crippen LogP contribution >= 0.6 is 0 Å². The molecule has 0 spiro atoms. The van der Waals surface area contributed by atoms with E-state index in [9.17, 15) is 18.0 Å². The van der Waals surface area contributed by atoms with Gasteiger partial charge in [-0.2, -0.15) is 4.31 Å². The number of carbonyl (C=O) groups is 2. The highest BCUT2D eigenvalue weighted by molar-refractivity contribution is 7.89. The molecule has 168 valence electrons. The first-order valence-electron chi connectivity index (χ1n) is 10.3. The minimum Gasteiger partial charge on any atom is -0.495 e. The molecule has 0 radical (unpaired) electrons. The van der Waals surface area contributed by atoms with Crippen molar-refractivity contribution < 1.29 is 27.5 Å². The number of hydrogen-bond acceptors (Lipinski definition) is 6. The number of amides is 1. The van der Waals surface area contributed by atoms with Crippen LogP contribution in [0.5, 0.6) is 5.75 Å². The second kappa shape index (κ2) is 10.8. The predicted molar refractivity (Wildman–Crippen MR) is 113 cm³/mol. The SMILES string of the molecule is CCN(CC(C)C(=O)OC)C(=O)c1ccc(OC)c(S(=O)(=O)N2CCCCCC2)c1. The van der Waals surface area contributed by atoms with Crippen LogP contribution < -0.4 is 4.74 Å². The van der Waals surface area contributed by atoms with Gasteiger partial charge in [0.2, 0.25) is 10.0 Å². The Kier molecular flexibility index (Phi) is 8.66. The molecule has 0 bridgehead atoms. The van der Waals surface area contributed by atoms with Crippen molar-refractivity contribution in [3.63, 3.8) is 0 Å². The summed E-state index contributed by atoms with van der Waals surface area (Å²) in [6.07, 6.45) is 3.64. The molecule has 30 heavy (non-hydrogen) atoms. The zero-order valence-corrected chi connectivity index (χ0v) is 19.0. The predicted octanol–water partition coefficient (Wildman–Crippen LogP) is 2.53. The van der Waals surface area contributed by atoms with Crippen LogP contribution in [0.15, 0.2) is 23.1 Å². The lowest BCUT2D eigenvalue weighted by Gasteiger charge is -2.25. The van der Waals surface area contributed by atoms with Crippen molar-refractivity contribution in [1.29, 1.82) is 0 Å². The highest BCUT2D eigenvalue weighted by Crippen LogP contribution is 2.30. The minimum absolute atomic E-state index is 0.00480. The fraction of sp³-hybridized carbons (Fsp3) is 0.619. The molecule has 0 aromatic heterocycles. The van der Waals surface area contributed by atoms with Crippen LogP contribution in [0.25, 0.3) is 0 Å². The topological polar surface area (TPSA) is 93.2 Å². The summed E-state index contributed by atoms with van der Waals surface area (Å²) in [7, 11) is -1.08. The Bertz CT molecular complexity index is 847. The first-order chi connectivity index (χ1) is 14.3. The minimum atomic E-state index is -3.79. The van der Waals surface area contributed by atoms with Crippen molar-refractivity contribution in [2.75, 3.05) is 40.4 Å². The van der Waals surface area contributed by atoms with Gasteiger partial charge in [0.15, 0.2) is 0 Å². The molecule has 1 amide bonds. The van der Waals surface area contributed by atoms with Crippen molar-refractivity contribution in [1.82, 2.24) is 9.21 Å². The maximum Gasteiger partial charge on any atom is 0.310 e. The fourth-order valence-corrected chi connectivity index (χ4v) is 5.28. The molecular formula is C21H32N2O6S. The van der Waals surface area contributed by atoms with Crippen LogP contribution in [0.3, 0.4) is 0 Å². The smallest absolute Gasteiger partial charge is 0.310 e. The Morgan fingerprint density at radius 2 is 1.77 bits per heavy atom. The Hall–Kier alpha value is -2.13. The molecule has 1 unspecified atom stereocenters. The third-order valence-corrected chi connectivity index (χ3v) is 7.28. The molecule has 8 nitrogen and oxygen atoms in total. The van der Waals surface area contributed by atoms with E-state index in [-0.39, 0.29) is 28.7 Å². The highest BCUT2D eigenvalue weighted by Gasteiger charge is 2.30. The molecule has 1 aliphatic rings. The number of benzene rings is 1. The van der Waals surface area contributed by atoms with E-state index in [0.717, 1.165) is 25.7 Å². The van der Waals surface area contributed by atoms with Crippen LogP contribution in [-0.2, 0) is 19.6 Å². The van der Waals surface area contributed by atoms with E-state index in [2.05, 4.69) is 0 Å². The summed E-state index contributed by atoms with van der Waals surface area (Å²) in [5.74, 6) is -1.03. The fourth-order valence-electron chi connectivity index (χ4n) is 3.58. The molecule has 1 saturated heterocycles. The molecule has 1 aromatic carbocycles. The van der Waals surface area contributed by atoms with Crippen LogP contribution in [0, 0.1) is 5.92 Å². The lowest BCUT2D eigenvalue weighted by Crippen LogP contribution is -2.37. The van der Waals surface area contributed by atoms with Gasteiger partial charge in [0, 0.05) is 31.7 Å². The van der Waals surface area contributed by atoms with E-state index in [0.29, 0.717) is 19.6 Å². The van der Waals surface area contributed by atoms with Gasteiger partial charge >= 0.3 is 5.97 Å². The normalized spacial score (nSPS) is 16.4. The quantitative estimate of drug-likeness (QED) is 0.577. The Labute approximate surface area is 179 Å². The third kappa shape index (κ3) is 5.51. The number of carbonyl (C=O) groups excluding carboxylic acids is 2. The molecule has 1 heterocycles. The average molecular weight is 441 g/mol. The maximum absolute atomic E-state index is 13.3. The van der Waals surface area contributed by atoms with Gasteiger partial charge in [0.1, 0.15) is 10.6 Å². The number of nitrogens with zero attached hydrogens (tertiary/aromatic N) is 2. The molecule has 0 N–H and O–H groups in total. The summed E-state index contributed by atoms with van der Waals surface area (Å²) in [6.45, 7) is 4.97. The molecule has 9 heteroatoms. The van der Waals surface area contributed by atoms with Gasteiger partial charge in [-0.1, -0.05) is 19.8 Å². The van der Waals surface area contributed by atoms with Crippen LogP contribution in [-0.4, -0.2) is 69.9 Å². The molecule has 2 rings (SSSR count). The van der Waals surface area contributed by atoms with E-state index >= 15 is 0 Å². The molecule has 0 aliphatic carbocycles. The Morgan fingerprint density at radius 1 is 1.13 bits per heavy atom. The van der Waals surface area contributed by atoms with Gasteiger partial charge in [-0.3, -0.25) is 9.59 Å². The van der Waals surface area contributed by atoms with Gasteiger partial charge in [-0.15, -0.1) is 0 Å². The lowest BCUT2D eigenvalue weighted by atomic mass is 10.1. The molecule has 0 saturated carbocycles. The van der Waals surface area contributed by atoms with E-state index in [4.69, 9.17) is 9.47 Å². The Balaban J connectivity index is 2.36. The van der Waals surface area contributed by atoms with Crippen LogP contribution in [0.1, 0.15) is 49.9 Å². The van der Waals surface area contributed by atoms with Crippen LogP contribution in [0.2, 0.25) is 0 Å². The zero-order chi connectivity index (χ0) is 22.3. The summed E-state index contributed by atoms with van der Waals surface area (Å²) in [5, 5.41) is 0. The van der Waals surface area contributed by atoms with Gasteiger partial charge in [0.25, 0.3) is 5.91 Å². The summed E-state index contributed by atoms with van der Waals surface area (Å²) < 4.78 is 38.1. The maximum atomic E-state index is 13.3. The monoisotopic (exact) mass is 440 g/mol. The number of ether oxygens (including phenoxy) is 2. The van der Waals surface area contributed by atoms with Crippen molar-refractivity contribution in [3.05, 3.63) is 23.8 Å². The molecule has 1 fully saturated rings. The van der Waals surface area contributed by atoms with Crippen LogP contribution in [0.4, 0.5) is 0 Å². The number of rotatable bonds is 8. The van der Waals surface area contributed by atoms with Crippen molar-refractivity contribution in [3.8, 4) is 5.75 Å². The second-order valence-corrected chi connectivity index (χ2v) is 9.36. The van der Waals surface area contributed by atoms with E-state index in [1.54, 1.807) is 19.9 Å². The van der Waals surface area contributed by atoms with Gasteiger partial charge in [0.05, 0.1) is 20.1 Å². The first kappa shape index (κ1) is 24.1. The molecule has 1 aliphatic heterocycles.